The summed E-state index contributed by atoms with van der Waals surface area (Å²) in [6.45, 7) is 1.14. The van der Waals surface area contributed by atoms with Crippen molar-refractivity contribution < 1.29 is 4.79 Å². The van der Waals surface area contributed by atoms with E-state index in [9.17, 15) is 9.59 Å². The zero-order chi connectivity index (χ0) is 19.7. The van der Waals surface area contributed by atoms with Gasteiger partial charge in [0.25, 0.3) is 5.56 Å². The minimum Gasteiger partial charge on any atom is -0.323 e. The normalized spacial score (nSPS) is 17.1. The Hall–Kier alpha value is -2.41. The lowest BCUT2D eigenvalue weighted by Gasteiger charge is -2.23. The fraction of sp³-hybridized carbons (Fsp3) is 0.250. The van der Waals surface area contributed by atoms with Crippen LogP contribution in [0.15, 0.2) is 47.3 Å². The number of amides is 1. The molecule has 1 aliphatic rings. The fourth-order valence-corrected chi connectivity index (χ4v) is 3.86. The van der Waals surface area contributed by atoms with E-state index in [0.717, 1.165) is 19.4 Å². The van der Waals surface area contributed by atoms with Crippen LogP contribution in [0.4, 0.5) is 5.69 Å². The molecule has 1 atom stereocenters. The fourth-order valence-electron chi connectivity index (χ4n) is 3.52. The minimum absolute atomic E-state index is 0.148. The highest BCUT2D eigenvalue weighted by Gasteiger charge is 2.31. The van der Waals surface area contributed by atoms with Crippen LogP contribution in [0.3, 0.4) is 0 Å². The molecular formula is C20H18Cl2N4O2. The number of halogens is 2. The maximum atomic E-state index is 12.8. The molecule has 0 saturated carbocycles. The van der Waals surface area contributed by atoms with E-state index in [0.29, 0.717) is 39.0 Å². The maximum absolute atomic E-state index is 12.8. The first-order valence-corrected chi connectivity index (χ1v) is 9.75. The second kappa shape index (κ2) is 7.91. The average Bonchev–Trinajstić information content (AvgIpc) is 3.13. The van der Waals surface area contributed by atoms with Gasteiger partial charge >= 0.3 is 0 Å². The number of benzene rings is 2. The van der Waals surface area contributed by atoms with E-state index >= 15 is 0 Å². The Kier molecular flexibility index (Phi) is 5.35. The smallest absolute Gasteiger partial charge is 0.258 e. The van der Waals surface area contributed by atoms with Gasteiger partial charge in [-0.15, -0.1) is 0 Å². The molecular weight excluding hydrogens is 399 g/mol. The molecule has 4 rings (SSSR count). The van der Waals surface area contributed by atoms with Crippen LogP contribution in [0.1, 0.15) is 18.7 Å². The van der Waals surface area contributed by atoms with E-state index in [1.807, 2.05) is 17.0 Å². The predicted octanol–water partition coefficient (Wildman–Crippen LogP) is 3.83. The molecule has 3 aromatic rings. The van der Waals surface area contributed by atoms with Crippen LogP contribution in [0.25, 0.3) is 10.9 Å². The van der Waals surface area contributed by atoms with Crippen LogP contribution < -0.4 is 10.9 Å². The summed E-state index contributed by atoms with van der Waals surface area (Å²) in [6.07, 6.45) is 1.61. The molecule has 0 bridgehead atoms. The first-order chi connectivity index (χ1) is 13.5. The van der Waals surface area contributed by atoms with Crippen molar-refractivity contribution in [2.75, 3.05) is 11.9 Å². The molecule has 1 unspecified atom stereocenters. The summed E-state index contributed by atoms with van der Waals surface area (Å²) in [7, 11) is 0. The molecule has 1 aromatic heterocycles. The lowest BCUT2D eigenvalue weighted by atomic mass is 10.2. The summed E-state index contributed by atoms with van der Waals surface area (Å²) in [5.74, 6) is 0.397. The second-order valence-electron chi connectivity index (χ2n) is 6.77. The Bertz CT molecular complexity index is 1100. The van der Waals surface area contributed by atoms with Gasteiger partial charge in [-0.25, -0.2) is 4.98 Å². The summed E-state index contributed by atoms with van der Waals surface area (Å²) in [6, 6.07) is 11.8. The summed E-state index contributed by atoms with van der Waals surface area (Å²) in [4.78, 5) is 34.5. The van der Waals surface area contributed by atoms with Crippen LogP contribution >= 0.6 is 23.2 Å². The quantitative estimate of drug-likeness (QED) is 0.677. The van der Waals surface area contributed by atoms with Crippen LogP contribution in [-0.2, 0) is 11.3 Å². The van der Waals surface area contributed by atoms with Gasteiger partial charge in [0.1, 0.15) is 5.82 Å². The number of hydrogen-bond acceptors (Lipinski definition) is 4. The Labute approximate surface area is 171 Å². The molecule has 144 valence electrons. The highest BCUT2D eigenvalue weighted by molar-refractivity contribution is 6.35. The first kappa shape index (κ1) is 18.9. The topological polar surface area (TPSA) is 78.1 Å². The summed E-state index contributed by atoms with van der Waals surface area (Å²) in [5.41, 5.74) is 0.960. The molecule has 28 heavy (non-hydrogen) atoms. The number of aromatic amines is 1. The first-order valence-electron chi connectivity index (χ1n) is 8.99. The standard InChI is InChI=1S/C20H18Cl2N4O2/c21-12-7-8-14(22)16(10-12)24-20(28)17-6-3-9-26(17)11-18-23-15-5-2-1-4-13(15)19(27)25-18/h1-2,4-5,7-8,10,17H,3,6,9,11H2,(H,24,28)(H,23,25,27). The number of nitrogens with zero attached hydrogens (tertiary/aromatic N) is 2. The lowest BCUT2D eigenvalue weighted by molar-refractivity contribution is -0.120. The third kappa shape index (κ3) is 3.90. The van der Waals surface area contributed by atoms with Gasteiger partial charge < -0.3 is 10.3 Å². The Morgan fingerprint density at radius 1 is 1.25 bits per heavy atom. The number of anilines is 1. The number of aromatic nitrogens is 2. The van der Waals surface area contributed by atoms with Crippen LogP contribution in [0.5, 0.6) is 0 Å². The molecule has 8 heteroatoms. The van der Waals surface area contributed by atoms with Crippen molar-refractivity contribution in [3.63, 3.8) is 0 Å². The van der Waals surface area contributed by atoms with E-state index in [-0.39, 0.29) is 17.5 Å². The molecule has 1 aliphatic heterocycles. The number of fused-ring (bicyclic) bond motifs is 1. The van der Waals surface area contributed by atoms with E-state index in [1.165, 1.54) is 0 Å². The molecule has 0 aliphatic carbocycles. The number of carbonyl (C=O) groups is 1. The van der Waals surface area contributed by atoms with Crippen molar-refractivity contribution in [1.82, 2.24) is 14.9 Å². The van der Waals surface area contributed by atoms with Gasteiger partial charge in [-0.1, -0.05) is 35.3 Å². The third-order valence-corrected chi connectivity index (χ3v) is 5.43. The molecule has 2 aromatic carbocycles. The number of nitrogens with one attached hydrogen (secondary N) is 2. The molecule has 2 N–H and O–H groups in total. The van der Waals surface area contributed by atoms with Gasteiger partial charge in [0, 0.05) is 5.02 Å². The van der Waals surface area contributed by atoms with Gasteiger partial charge in [-0.2, -0.15) is 0 Å². The lowest BCUT2D eigenvalue weighted by Crippen LogP contribution is -2.39. The number of H-pyrrole nitrogens is 1. The SMILES string of the molecule is O=C(Nc1cc(Cl)ccc1Cl)C1CCCN1Cc1nc2ccccc2c(=O)[nH]1. The Morgan fingerprint density at radius 2 is 2.07 bits per heavy atom. The number of carbonyl (C=O) groups excluding carboxylic acids is 1. The van der Waals surface area contributed by atoms with Gasteiger partial charge in [-0.3, -0.25) is 14.5 Å². The van der Waals surface area contributed by atoms with Crippen LogP contribution in [-0.4, -0.2) is 33.4 Å². The van der Waals surface area contributed by atoms with Gasteiger partial charge in [0.05, 0.1) is 34.2 Å². The maximum Gasteiger partial charge on any atom is 0.258 e. The van der Waals surface area contributed by atoms with E-state index in [1.54, 1.807) is 30.3 Å². The molecule has 0 spiro atoms. The highest BCUT2D eigenvalue weighted by atomic mass is 35.5. The van der Waals surface area contributed by atoms with Crippen molar-refractivity contribution in [3.8, 4) is 0 Å². The van der Waals surface area contributed by atoms with Crippen molar-refractivity contribution in [3.05, 3.63) is 68.7 Å². The van der Waals surface area contributed by atoms with E-state index in [2.05, 4.69) is 15.3 Å². The highest BCUT2D eigenvalue weighted by Crippen LogP contribution is 2.27. The van der Waals surface area contributed by atoms with Crippen LogP contribution in [0.2, 0.25) is 10.0 Å². The Morgan fingerprint density at radius 3 is 2.93 bits per heavy atom. The number of likely N-dealkylation sites (tertiary alicyclic amines) is 1. The van der Waals surface area contributed by atoms with Gasteiger partial charge in [0.15, 0.2) is 0 Å². The summed E-state index contributed by atoms with van der Waals surface area (Å²) in [5, 5.41) is 4.35. The largest absolute Gasteiger partial charge is 0.323 e. The van der Waals surface area contributed by atoms with E-state index in [4.69, 9.17) is 23.2 Å². The Balaban J connectivity index is 1.53. The molecule has 1 saturated heterocycles. The molecule has 0 radical (unpaired) electrons. The number of hydrogen-bond donors (Lipinski definition) is 2. The summed E-state index contributed by atoms with van der Waals surface area (Å²) >= 11 is 12.1. The second-order valence-corrected chi connectivity index (χ2v) is 7.62. The molecule has 6 nitrogen and oxygen atoms in total. The molecule has 2 heterocycles. The zero-order valence-electron chi connectivity index (χ0n) is 14.9. The number of para-hydroxylation sites is 1. The molecule has 1 fully saturated rings. The zero-order valence-corrected chi connectivity index (χ0v) is 16.4. The third-order valence-electron chi connectivity index (χ3n) is 4.87. The van der Waals surface area contributed by atoms with Crippen molar-refractivity contribution in [2.45, 2.75) is 25.4 Å². The van der Waals surface area contributed by atoms with Gasteiger partial charge in [0.2, 0.25) is 5.91 Å². The monoisotopic (exact) mass is 416 g/mol. The van der Waals surface area contributed by atoms with Crippen molar-refractivity contribution in [2.24, 2.45) is 0 Å². The van der Waals surface area contributed by atoms with Crippen molar-refractivity contribution >= 4 is 45.7 Å². The predicted molar refractivity (Wildman–Crippen MR) is 111 cm³/mol. The average molecular weight is 417 g/mol. The van der Waals surface area contributed by atoms with Crippen LogP contribution in [0, 0.1) is 0 Å². The van der Waals surface area contributed by atoms with Crippen molar-refractivity contribution in [1.29, 1.82) is 0 Å². The minimum atomic E-state index is -0.327. The van der Waals surface area contributed by atoms with E-state index < -0.39 is 0 Å². The summed E-state index contributed by atoms with van der Waals surface area (Å²) < 4.78 is 0. The number of rotatable bonds is 4. The van der Waals surface area contributed by atoms with Gasteiger partial charge in [-0.05, 0) is 49.7 Å². The molecule has 1 amide bonds.